The van der Waals surface area contributed by atoms with Crippen LogP contribution in [0.4, 0.5) is 0 Å². The smallest absolute Gasteiger partial charge is 0.305 e. The molecule has 0 bridgehead atoms. The number of nitrogens with zero attached hydrogens (tertiary/aromatic N) is 6. The maximum Gasteiger partial charge on any atom is 3.00 e. The normalized spacial score (nSPS) is 10.3. The van der Waals surface area contributed by atoms with Crippen LogP contribution in [0.3, 0.4) is 0 Å². The van der Waals surface area contributed by atoms with Crippen LogP contribution < -0.4 is 0 Å². The van der Waals surface area contributed by atoms with Crippen LogP contribution in [0.5, 0.6) is 0 Å². The summed E-state index contributed by atoms with van der Waals surface area (Å²) < 4.78 is 0. The van der Waals surface area contributed by atoms with Gasteiger partial charge in [-0.05, 0) is 53.2 Å². The Hall–Kier alpha value is -6.79. The molecule has 0 spiro atoms. The van der Waals surface area contributed by atoms with Gasteiger partial charge in [0.25, 0.3) is 0 Å². The SMILES string of the molecule is CCCc1ccc(-c2nc(-c3ccc(CCC)cc3)nc(-c3ccc(-c4[c-]cccc4)nc3)n2)cc1.[Ir+3].[c-]1ccccc1-c1ccccn1.[c-]1ccccc1-c1ccccn1. The first-order valence-corrected chi connectivity index (χ1v) is 20.3. The molecular formula is C54H45IrN6. The second-order valence-electron chi connectivity index (χ2n) is 13.9. The van der Waals surface area contributed by atoms with Gasteiger partial charge in [-0.15, -0.1) is 108 Å². The van der Waals surface area contributed by atoms with E-state index in [1.165, 1.54) is 11.1 Å². The molecule has 9 aromatic rings. The van der Waals surface area contributed by atoms with Crippen molar-refractivity contribution in [1.82, 2.24) is 29.9 Å². The zero-order valence-corrected chi connectivity index (χ0v) is 36.6. The Bertz CT molecular complexity index is 2390. The molecule has 4 heterocycles. The van der Waals surface area contributed by atoms with Gasteiger partial charge in [-0.25, -0.2) is 15.0 Å². The fraction of sp³-hybridized carbons (Fsp3) is 0.111. The van der Waals surface area contributed by atoms with E-state index in [0.29, 0.717) is 17.5 Å². The third kappa shape index (κ3) is 12.6. The maximum absolute atomic E-state index is 4.87. The Morgan fingerprint density at radius 3 is 1.08 bits per heavy atom. The number of aryl methyl sites for hydroxylation is 2. The van der Waals surface area contributed by atoms with Gasteiger partial charge in [0.1, 0.15) is 0 Å². The van der Waals surface area contributed by atoms with Gasteiger partial charge in [-0.2, -0.15) is 0 Å². The number of hydrogen-bond donors (Lipinski definition) is 0. The van der Waals surface area contributed by atoms with Crippen molar-refractivity contribution in [3.8, 4) is 67.9 Å². The van der Waals surface area contributed by atoms with Crippen molar-refractivity contribution >= 4 is 0 Å². The Morgan fingerprint density at radius 2 is 0.754 bits per heavy atom. The quantitative estimate of drug-likeness (QED) is 0.127. The van der Waals surface area contributed by atoms with Crippen molar-refractivity contribution in [3.63, 3.8) is 0 Å². The predicted molar refractivity (Wildman–Crippen MR) is 243 cm³/mol. The summed E-state index contributed by atoms with van der Waals surface area (Å²) in [7, 11) is 0. The molecule has 0 saturated heterocycles. The van der Waals surface area contributed by atoms with E-state index in [4.69, 9.17) is 15.0 Å². The Labute approximate surface area is 373 Å². The first-order chi connectivity index (χ1) is 29.7. The molecule has 0 fully saturated rings. The van der Waals surface area contributed by atoms with Crippen LogP contribution in [-0.2, 0) is 32.9 Å². The maximum atomic E-state index is 4.87. The fourth-order valence-electron chi connectivity index (χ4n) is 6.37. The van der Waals surface area contributed by atoms with Crippen molar-refractivity contribution in [2.75, 3.05) is 0 Å². The molecule has 0 amide bonds. The van der Waals surface area contributed by atoms with Gasteiger partial charge in [0.05, 0.1) is 0 Å². The Kier molecular flexibility index (Phi) is 16.6. The van der Waals surface area contributed by atoms with Crippen LogP contribution in [0.15, 0.2) is 188 Å². The average molecular weight is 970 g/mol. The standard InChI is InChI=1S/C32H29N4.2C11H8N.Ir/c1-3-8-23-12-16-26(17-13-23)30-34-31(27-18-14-24(9-4-2)15-19-27)36-32(35-30)28-20-21-29(33-22-28)25-10-6-5-7-11-25;2*1-2-6-10(7-3-1)11-8-4-5-9-12-11;/h5-7,10,12-22H,3-4,8-9H2,1-2H3;2*1-6,8-9H;/q3*-1;+3. The Balaban J connectivity index is 0.000000201. The number of hydrogen-bond acceptors (Lipinski definition) is 6. The van der Waals surface area contributed by atoms with Gasteiger partial charge in [-0.1, -0.05) is 112 Å². The summed E-state index contributed by atoms with van der Waals surface area (Å²) in [6.07, 6.45) is 9.78. The van der Waals surface area contributed by atoms with Crippen LogP contribution in [-0.4, -0.2) is 29.9 Å². The molecule has 0 aliphatic heterocycles. The molecule has 4 aromatic heterocycles. The first kappa shape index (κ1) is 43.8. The topological polar surface area (TPSA) is 77.3 Å². The molecule has 0 aliphatic carbocycles. The van der Waals surface area contributed by atoms with E-state index >= 15 is 0 Å². The second-order valence-corrected chi connectivity index (χ2v) is 13.9. The van der Waals surface area contributed by atoms with Gasteiger partial charge in [0.15, 0.2) is 17.5 Å². The fourth-order valence-corrected chi connectivity index (χ4v) is 6.37. The molecular weight excluding hydrogens is 925 g/mol. The van der Waals surface area contributed by atoms with Gasteiger partial charge >= 0.3 is 20.1 Å². The molecule has 0 aliphatic rings. The largest absolute Gasteiger partial charge is 3.00 e. The van der Waals surface area contributed by atoms with Crippen molar-refractivity contribution in [2.45, 2.75) is 39.5 Å². The Morgan fingerprint density at radius 1 is 0.377 bits per heavy atom. The number of pyridine rings is 3. The first-order valence-electron chi connectivity index (χ1n) is 20.3. The van der Waals surface area contributed by atoms with Crippen LogP contribution >= 0.6 is 0 Å². The van der Waals surface area contributed by atoms with Crippen LogP contribution in [0.25, 0.3) is 67.9 Å². The molecule has 6 nitrogen and oxygen atoms in total. The molecule has 0 unspecified atom stereocenters. The zero-order valence-electron chi connectivity index (χ0n) is 34.2. The monoisotopic (exact) mass is 970 g/mol. The van der Waals surface area contributed by atoms with E-state index < -0.39 is 0 Å². The molecule has 5 aromatic carbocycles. The molecule has 9 rings (SSSR count). The summed E-state index contributed by atoms with van der Waals surface area (Å²) in [4.78, 5) is 27.7. The minimum atomic E-state index is 0. The van der Waals surface area contributed by atoms with Gasteiger partial charge < -0.3 is 15.0 Å². The van der Waals surface area contributed by atoms with Crippen LogP contribution in [0.2, 0.25) is 0 Å². The van der Waals surface area contributed by atoms with E-state index in [1.807, 2.05) is 128 Å². The number of benzene rings is 5. The molecule has 7 heteroatoms. The average Bonchev–Trinajstić information content (AvgIpc) is 3.34. The van der Waals surface area contributed by atoms with E-state index in [2.05, 4.69) is 95.5 Å². The van der Waals surface area contributed by atoms with Gasteiger partial charge in [-0.3, -0.25) is 0 Å². The molecule has 300 valence electrons. The summed E-state index contributed by atoms with van der Waals surface area (Å²) in [6.45, 7) is 4.39. The van der Waals surface area contributed by atoms with E-state index in [-0.39, 0.29) is 20.1 Å². The third-order valence-corrected chi connectivity index (χ3v) is 9.44. The van der Waals surface area contributed by atoms with Gasteiger partial charge in [0, 0.05) is 35.3 Å². The molecule has 0 saturated carbocycles. The van der Waals surface area contributed by atoms with Crippen molar-refractivity contribution < 1.29 is 20.1 Å². The second kappa shape index (κ2) is 23.1. The van der Waals surface area contributed by atoms with Crippen LogP contribution in [0, 0.1) is 18.2 Å². The minimum Gasteiger partial charge on any atom is -0.305 e. The third-order valence-electron chi connectivity index (χ3n) is 9.44. The summed E-state index contributed by atoms with van der Waals surface area (Å²) in [6, 6.07) is 65.8. The van der Waals surface area contributed by atoms with E-state index in [9.17, 15) is 0 Å². The van der Waals surface area contributed by atoms with Crippen LogP contribution in [0.1, 0.15) is 37.8 Å². The van der Waals surface area contributed by atoms with Crippen molar-refractivity contribution in [2.24, 2.45) is 0 Å². The predicted octanol–water partition coefficient (Wildman–Crippen LogP) is 12.7. The molecule has 0 atom stereocenters. The summed E-state index contributed by atoms with van der Waals surface area (Å²) in [5.74, 6) is 1.94. The van der Waals surface area contributed by atoms with Gasteiger partial charge in [0.2, 0.25) is 0 Å². The summed E-state index contributed by atoms with van der Waals surface area (Å²) >= 11 is 0. The number of rotatable bonds is 10. The van der Waals surface area contributed by atoms with E-state index in [1.54, 1.807) is 12.4 Å². The molecule has 61 heavy (non-hydrogen) atoms. The van der Waals surface area contributed by atoms with Crippen molar-refractivity contribution in [1.29, 1.82) is 0 Å². The van der Waals surface area contributed by atoms with Crippen molar-refractivity contribution in [3.05, 3.63) is 218 Å². The van der Waals surface area contributed by atoms with E-state index in [0.717, 1.165) is 76.1 Å². The molecule has 0 N–H and O–H groups in total. The summed E-state index contributed by atoms with van der Waals surface area (Å²) in [5, 5.41) is 0. The minimum absolute atomic E-state index is 0. The zero-order chi connectivity index (χ0) is 41.2. The number of aromatic nitrogens is 6. The summed E-state index contributed by atoms with van der Waals surface area (Å²) in [5.41, 5.74) is 11.3. The molecule has 0 radical (unpaired) electrons.